The minimum Gasteiger partial charge on any atom is -0.481 e. The Labute approximate surface area is 99.8 Å². The summed E-state index contributed by atoms with van der Waals surface area (Å²) in [5, 5.41) is 9.09. The molecule has 17 heavy (non-hydrogen) atoms. The normalized spacial score (nSPS) is 24.4. The first-order chi connectivity index (χ1) is 8.09. The number of rotatable bonds is 4. The third-order valence-corrected chi connectivity index (χ3v) is 3.26. The van der Waals surface area contributed by atoms with Crippen LogP contribution in [0.15, 0.2) is 12.5 Å². The number of carboxylic acid groups (broad SMARTS) is 1. The number of carbonyl (C=O) groups is 1. The number of hydrogen-bond acceptors (Lipinski definition) is 4. The average molecular weight is 239 g/mol. The predicted molar refractivity (Wildman–Crippen MR) is 60.4 cm³/mol. The van der Waals surface area contributed by atoms with Crippen LogP contribution in [0.3, 0.4) is 0 Å². The third-order valence-electron chi connectivity index (χ3n) is 3.26. The predicted octanol–water partition coefficient (Wildman–Crippen LogP) is -0.0485. The Morgan fingerprint density at radius 1 is 1.71 bits per heavy atom. The molecular formula is C11H17N3O3. The van der Waals surface area contributed by atoms with Gasteiger partial charge in [-0.1, -0.05) is 0 Å². The van der Waals surface area contributed by atoms with E-state index in [-0.39, 0.29) is 6.04 Å². The van der Waals surface area contributed by atoms with Crippen LogP contribution in [-0.4, -0.2) is 51.8 Å². The Bertz CT molecular complexity index is 404. The lowest BCUT2D eigenvalue weighted by atomic mass is 10.0. The number of hydrogen-bond donors (Lipinski definition) is 1. The molecule has 2 atom stereocenters. The van der Waals surface area contributed by atoms with E-state index < -0.39 is 11.9 Å². The second-order valence-electron chi connectivity index (χ2n) is 4.46. The fraction of sp³-hybridized carbons (Fsp3) is 0.636. The van der Waals surface area contributed by atoms with E-state index in [1.807, 2.05) is 23.6 Å². The molecule has 0 spiro atoms. The Morgan fingerprint density at radius 3 is 3.06 bits per heavy atom. The van der Waals surface area contributed by atoms with Crippen molar-refractivity contribution in [1.29, 1.82) is 0 Å². The molecule has 0 bridgehead atoms. The second-order valence-corrected chi connectivity index (χ2v) is 4.46. The van der Waals surface area contributed by atoms with Crippen molar-refractivity contribution < 1.29 is 14.6 Å². The standard InChI is InChI=1S/C11H17N3O3/c1-13(4-8-3-12-7-14(8)2)10-6-17-5-9(10)11(15)16/h3,7,9-10H,4-6H2,1-2H3,(H,15,16). The van der Waals surface area contributed by atoms with E-state index >= 15 is 0 Å². The highest BCUT2D eigenvalue weighted by molar-refractivity contribution is 5.71. The van der Waals surface area contributed by atoms with Crippen molar-refractivity contribution in [3.63, 3.8) is 0 Å². The summed E-state index contributed by atoms with van der Waals surface area (Å²) in [6.45, 7) is 1.45. The van der Waals surface area contributed by atoms with Crippen LogP contribution < -0.4 is 0 Å². The molecule has 0 aliphatic carbocycles. The molecule has 2 heterocycles. The Hall–Kier alpha value is -1.40. The topological polar surface area (TPSA) is 67.6 Å². The van der Waals surface area contributed by atoms with Crippen LogP contribution >= 0.6 is 0 Å². The van der Waals surface area contributed by atoms with Crippen molar-refractivity contribution in [3.05, 3.63) is 18.2 Å². The summed E-state index contributed by atoms with van der Waals surface area (Å²) in [5.41, 5.74) is 1.06. The van der Waals surface area contributed by atoms with E-state index in [1.165, 1.54) is 0 Å². The number of nitrogens with zero attached hydrogens (tertiary/aromatic N) is 3. The maximum atomic E-state index is 11.1. The van der Waals surface area contributed by atoms with Crippen LogP contribution in [0.25, 0.3) is 0 Å². The molecule has 6 heteroatoms. The molecule has 1 fully saturated rings. The number of carboxylic acids is 1. The minimum atomic E-state index is -0.788. The zero-order valence-corrected chi connectivity index (χ0v) is 10.0. The maximum absolute atomic E-state index is 11.1. The molecule has 0 radical (unpaired) electrons. The first-order valence-electron chi connectivity index (χ1n) is 5.55. The third kappa shape index (κ3) is 2.48. The molecular weight excluding hydrogens is 222 g/mol. The van der Waals surface area contributed by atoms with Crippen LogP contribution in [0.5, 0.6) is 0 Å². The van der Waals surface area contributed by atoms with Gasteiger partial charge in [0.1, 0.15) is 0 Å². The number of aromatic nitrogens is 2. The van der Waals surface area contributed by atoms with Crippen molar-refractivity contribution in [1.82, 2.24) is 14.5 Å². The number of imidazole rings is 1. The molecule has 1 aromatic rings. The highest BCUT2D eigenvalue weighted by Gasteiger charge is 2.36. The quantitative estimate of drug-likeness (QED) is 0.798. The van der Waals surface area contributed by atoms with E-state index in [4.69, 9.17) is 9.84 Å². The van der Waals surface area contributed by atoms with Gasteiger partial charge < -0.3 is 14.4 Å². The van der Waals surface area contributed by atoms with Gasteiger partial charge in [-0.25, -0.2) is 4.98 Å². The molecule has 1 aliphatic rings. The zero-order valence-electron chi connectivity index (χ0n) is 10.0. The summed E-state index contributed by atoms with van der Waals surface area (Å²) < 4.78 is 7.19. The van der Waals surface area contributed by atoms with Crippen molar-refractivity contribution in [2.75, 3.05) is 20.3 Å². The van der Waals surface area contributed by atoms with E-state index in [1.54, 1.807) is 12.5 Å². The smallest absolute Gasteiger partial charge is 0.310 e. The lowest BCUT2D eigenvalue weighted by molar-refractivity contribution is -0.143. The molecule has 1 aromatic heterocycles. The molecule has 0 saturated carbocycles. The number of aliphatic carboxylic acids is 1. The summed E-state index contributed by atoms with van der Waals surface area (Å²) in [5.74, 6) is -1.22. The van der Waals surface area contributed by atoms with Gasteiger partial charge in [0.05, 0.1) is 31.2 Å². The van der Waals surface area contributed by atoms with Crippen molar-refractivity contribution in [2.24, 2.45) is 13.0 Å². The van der Waals surface area contributed by atoms with Gasteiger partial charge in [0.2, 0.25) is 0 Å². The van der Waals surface area contributed by atoms with Gasteiger partial charge in [-0.2, -0.15) is 0 Å². The van der Waals surface area contributed by atoms with Crippen molar-refractivity contribution in [2.45, 2.75) is 12.6 Å². The average Bonchev–Trinajstić information content (AvgIpc) is 2.87. The van der Waals surface area contributed by atoms with E-state index in [0.717, 1.165) is 5.69 Å². The van der Waals surface area contributed by atoms with E-state index in [9.17, 15) is 4.79 Å². The second kappa shape index (κ2) is 4.85. The van der Waals surface area contributed by atoms with Crippen molar-refractivity contribution in [3.8, 4) is 0 Å². The lowest BCUT2D eigenvalue weighted by Gasteiger charge is -2.25. The van der Waals surface area contributed by atoms with Gasteiger partial charge in [0, 0.05) is 25.8 Å². The molecule has 0 aromatic carbocycles. The minimum absolute atomic E-state index is 0.0672. The zero-order chi connectivity index (χ0) is 12.4. The van der Waals surface area contributed by atoms with Gasteiger partial charge in [-0.05, 0) is 7.05 Å². The molecule has 2 rings (SSSR count). The van der Waals surface area contributed by atoms with Gasteiger partial charge in [-0.15, -0.1) is 0 Å². The summed E-state index contributed by atoms with van der Waals surface area (Å²) in [6, 6.07) is -0.0672. The van der Waals surface area contributed by atoms with E-state index in [2.05, 4.69) is 4.98 Å². The van der Waals surface area contributed by atoms with Gasteiger partial charge >= 0.3 is 5.97 Å². The largest absolute Gasteiger partial charge is 0.481 e. The van der Waals surface area contributed by atoms with Crippen LogP contribution in [0, 0.1) is 5.92 Å². The van der Waals surface area contributed by atoms with Gasteiger partial charge in [0.15, 0.2) is 0 Å². The number of ether oxygens (including phenoxy) is 1. The lowest BCUT2D eigenvalue weighted by Crippen LogP contribution is -2.40. The maximum Gasteiger partial charge on any atom is 0.310 e. The van der Waals surface area contributed by atoms with Gasteiger partial charge in [-0.3, -0.25) is 9.69 Å². The summed E-state index contributed by atoms with van der Waals surface area (Å²) in [4.78, 5) is 17.1. The van der Waals surface area contributed by atoms with Crippen LogP contribution in [0.4, 0.5) is 0 Å². The summed E-state index contributed by atoms with van der Waals surface area (Å²) >= 11 is 0. The summed E-state index contributed by atoms with van der Waals surface area (Å²) in [7, 11) is 3.85. The molecule has 1 aliphatic heterocycles. The molecule has 1 saturated heterocycles. The van der Waals surface area contributed by atoms with Gasteiger partial charge in [0.25, 0.3) is 0 Å². The van der Waals surface area contributed by atoms with Crippen LogP contribution in [0.1, 0.15) is 5.69 Å². The monoisotopic (exact) mass is 239 g/mol. The highest BCUT2D eigenvalue weighted by atomic mass is 16.5. The number of aryl methyl sites for hydroxylation is 1. The fourth-order valence-corrected chi connectivity index (χ4v) is 2.12. The SMILES string of the molecule is CN(Cc1cncn1C)C1COCC1C(=O)O. The Balaban J connectivity index is 2.02. The molecule has 0 amide bonds. The Kier molecular flexibility index (Phi) is 3.44. The summed E-state index contributed by atoms with van der Waals surface area (Å²) in [6.07, 6.45) is 3.53. The highest BCUT2D eigenvalue weighted by Crippen LogP contribution is 2.20. The van der Waals surface area contributed by atoms with Crippen LogP contribution in [0.2, 0.25) is 0 Å². The first kappa shape index (κ1) is 12.1. The molecule has 6 nitrogen and oxygen atoms in total. The Morgan fingerprint density at radius 2 is 2.47 bits per heavy atom. The first-order valence-corrected chi connectivity index (χ1v) is 5.55. The molecule has 1 N–H and O–H groups in total. The molecule has 94 valence electrons. The molecule has 2 unspecified atom stereocenters. The van der Waals surface area contributed by atoms with Crippen LogP contribution in [-0.2, 0) is 23.1 Å². The number of likely N-dealkylation sites (N-methyl/N-ethyl adjacent to an activating group) is 1. The van der Waals surface area contributed by atoms with E-state index in [0.29, 0.717) is 19.8 Å². The van der Waals surface area contributed by atoms with Crippen molar-refractivity contribution >= 4 is 5.97 Å². The fourth-order valence-electron chi connectivity index (χ4n) is 2.12.